The van der Waals surface area contributed by atoms with Gasteiger partial charge in [-0.25, -0.2) is 0 Å². The minimum absolute atomic E-state index is 0.555. The molecule has 2 rings (SSSR count). The molecular formula is C21H27N. The van der Waals surface area contributed by atoms with Crippen molar-refractivity contribution < 1.29 is 0 Å². The summed E-state index contributed by atoms with van der Waals surface area (Å²) >= 11 is 0. The highest BCUT2D eigenvalue weighted by Crippen LogP contribution is 2.22. The second-order valence-electron chi connectivity index (χ2n) is 6.40. The van der Waals surface area contributed by atoms with Gasteiger partial charge >= 0.3 is 0 Å². The van der Waals surface area contributed by atoms with E-state index in [0.717, 1.165) is 12.1 Å². The number of hydrogen-bond acceptors (Lipinski definition) is 1. The fraction of sp³-hybridized carbons (Fsp3) is 0.333. The van der Waals surface area contributed by atoms with Crippen molar-refractivity contribution >= 4 is 5.57 Å². The molecule has 0 atom stereocenters. The minimum atomic E-state index is 0.555. The first-order valence-electron chi connectivity index (χ1n) is 8.08. The van der Waals surface area contributed by atoms with Crippen LogP contribution < -0.4 is 0 Å². The van der Waals surface area contributed by atoms with Crippen LogP contribution in [0.25, 0.3) is 5.57 Å². The molecule has 0 aromatic heterocycles. The monoisotopic (exact) mass is 293 g/mol. The zero-order valence-electron chi connectivity index (χ0n) is 14.2. The second kappa shape index (κ2) is 7.42. The summed E-state index contributed by atoms with van der Waals surface area (Å²) in [6.45, 7) is 14.2. The average Bonchev–Trinajstić information content (AvgIpc) is 2.52. The highest BCUT2D eigenvalue weighted by Gasteiger charge is 2.13. The van der Waals surface area contributed by atoms with Gasteiger partial charge in [0.25, 0.3) is 0 Å². The summed E-state index contributed by atoms with van der Waals surface area (Å²) in [6.07, 6.45) is 0. The van der Waals surface area contributed by atoms with E-state index in [4.69, 9.17) is 0 Å². The summed E-state index contributed by atoms with van der Waals surface area (Å²) in [7, 11) is 0. The van der Waals surface area contributed by atoms with E-state index < -0.39 is 0 Å². The molecule has 0 spiro atoms. The van der Waals surface area contributed by atoms with Gasteiger partial charge in [-0.15, -0.1) is 0 Å². The van der Waals surface area contributed by atoms with Gasteiger partial charge in [-0.3, -0.25) is 4.90 Å². The van der Waals surface area contributed by atoms with E-state index in [9.17, 15) is 0 Å². The lowest BCUT2D eigenvalue weighted by molar-refractivity contribution is 0.166. The largest absolute Gasteiger partial charge is 0.294 e. The Morgan fingerprint density at radius 1 is 0.818 bits per heavy atom. The fourth-order valence-corrected chi connectivity index (χ4v) is 2.79. The molecule has 0 amide bonds. The van der Waals surface area contributed by atoms with Crippen molar-refractivity contribution in [2.75, 3.05) is 0 Å². The van der Waals surface area contributed by atoms with E-state index in [-0.39, 0.29) is 0 Å². The van der Waals surface area contributed by atoms with E-state index in [0.29, 0.717) is 12.1 Å². The van der Waals surface area contributed by atoms with Crippen LogP contribution in [0.2, 0.25) is 0 Å². The van der Waals surface area contributed by atoms with Crippen LogP contribution in [0.3, 0.4) is 0 Å². The fourth-order valence-electron chi connectivity index (χ4n) is 2.79. The predicted molar refractivity (Wildman–Crippen MR) is 96.8 cm³/mol. The molecule has 0 fully saturated rings. The van der Waals surface area contributed by atoms with Gasteiger partial charge in [-0.1, -0.05) is 61.2 Å². The summed E-state index contributed by atoms with van der Waals surface area (Å²) < 4.78 is 0. The van der Waals surface area contributed by atoms with Gasteiger partial charge in [-0.05, 0) is 50.0 Å². The zero-order chi connectivity index (χ0) is 16.1. The van der Waals surface area contributed by atoms with Gasteiger partial charge in [-0.2, -0.15) is 0 Å². The molecule has 2 aromatic rings. The molecule has 0 radical (unpaired) electrons. The standard InChI is InChI=1S/C21H27N/c1-16(2)22(17(3)4)15-19-11-13-21(14-12-19)18(5)20-9-7-6-8-10-20/h6-14,16-17H,5,15H2,1-4H3. The van der Waals surface area contributed by atoms with Crippen LogP contribution in [0.4, 0.5) is 0 Å². The quantitative estimate of drug-likeness (QED) is 0.692. The third-order valence-corrected chi connectivity index (χ3v) is 4.12. The molecule has 0 saturated heterocycles. The molecule has 0 aliphatic heterocycles. The topological polar surface area (TPSA) is 3.24 Å². The highest BCUT2D eigenvalue weighted by molar-refractivity contribution is 5.77. The molecule has 1 heteroatoms. The lowest BCUT2D eigenvalue weighted by Crippen LogP contribution is -2.36. The van der Waals surface area contributed by atoms with Crippen LogP contribution in [0, 0.1) is 0 Å². The Balaban J connectivity index is 2.12. The minimum Gasteiger partial charge on any atom is -0.294 e. The van der Waals surface area contributed by atoms with Crippen molar-refractivity contribution in [3.8, 4) is 0 Å². The molecular weight excluding hydrogens is 266 g/mol. The van der Waals surface area contributed by atoms with Crippen molar-refractivity contribution in [1.29, 1.82) is 0 Å². The van der Waals surface area contributed by atoms with Crippen LogP contribution in [-0.4, -0.2) is 17.0 Å². The van der Waals surface area contributed by atoms with Crippen LogP contribution in [0.5, 0.6) is 0 Å². The second-order valence-corrected chi connectivity index (χ2v) is 6.40. The van der Waals surface area contributed by atoms with E-state index in [2.05, 4.69) is 87.7 Å². The first-order chi connectivity index (χ1) is 10.5. The van der Waals surface area contributed by atoms with Crippen molar-refractivity contribution in [1.82, 2.24) is 4.90 Å². The lowest BCUT2D eigenvalue weighted by Gasteiger charge is -2.30. The Hall–Kier alpha value is -1.86. The van der Waals surface area contributed by atoms with Crippen molar-refractivity contribution in [3.63, 3.8) is 0 Å². The first kappa shape index (κ1) is 16.5. The van der Waals surface area contributed by atoms with Gasteiger partial charge in [0.1, 0.15) is 0 Å². The van der Waals surface area contributed by atoms with E-state index in [1.165, 1.54) is 16.7 Å². The number of hydrogen-bond donors (Lipinski definition) is 0. The number of nitrogens with zero attached hydrogens (tertiary/aromatic N) is 1. The van der Waals surface area contributed by atoms with Gasteiger partial charge in [0.05, 0.1) is 0 Å². The van der Waals surface area contributed by atoms with E-state index in [1.54, 1.807) is 0 Å². The molecule has 0 unspecified atom stereocenters. The Morgan fingerprint density at radius 3 is 1.82 bits per heavy atom. The Kier molecular flexibility index (Phi) is 5.57. The SMILES string of the molecule is C=C(c1ccccc1)c1ccc(CN(C(C)C)C(C)C)cc1. The first-order valence-corrected chi connectivity index (χ1v) is 8.08. The van der Waals surface area contributed by atoms with Crippen LogP contribution >= 0.6 is 0 Å². The van der Waals surface area contributed by atoms with Crippen LogP contribution in [0.15, 0.2) is 61.2 Å². The number of benzene rings is 2. The summed E-state index contributed by atoms with van der Waals surface area (Å²) in [5.41, 5.74) is 4.81. The molecule has 22 heavy (non-hydrogen) atoms. The Bertz CT molecular complexity index is 586. The molecule has 0 aliphatic carbocycles. The maximum Gasteiger partial charge on any atom is 0.0239 e. The molecule has 0 aliphatic rings. The molecule has 1 nitrogen and oxygen atoms in total. The molecule has 0 heterocycles. The van der Waals surface area contributed by atoms with Gasteiger partial charge in [0, 0.05) is 18.6 Å². The predicted octanol–water partition coefficient (Wildman–Crippen LogP) is 5.37. The van der Waals surface area contributed by atoms with Gasteiger partial charge in [0.2, 0.25) is 0 Å². The van der Waals surface area contributed by atoms with Crippen molar-refractivity contribution in [2.45, 2.75) is 46.3 Å². The van der Waals surface area contributed by atoms with Crippen LogP contribution in [0.1, 0.15) is 44.4 Å². The summed E-state index contributed by atoms with van der Waals surface area (Å²) in [5, 5.41) is 0. The molecule has 0 saturated carbocycles. The molecule has 116 valence electrons. The van der Waals surface area contributed by atoms with Crippen LogP contribution in [-0.2, 0) is 6.54 Å². The highest BCUT2D eigenvalue weighted by atomic mass is 15.2. The Labute approximate surface area is 135 Å². The summed E-state index contributed by atoms with van der Waals surface area (Å²) in [6, 6.07) is 20.3. The van der Waals surface area contributed by atoms with Crippen molar-refractivity contribution in [2.24, 2.45) is 0 Å². The lowest BCUT2D eigenvalue weighted by atomic mass is 9.98. The van der Waals surface area contributed by atoms with E-state index >= 15 is 0 Å². The average molecular weight is 293 g/mol. The zero-order valence-corrected chi connectivity index (χ0v) is 14.2. The third-order valence-electron chi connectivity index (χ3n) is 4.12. The van der Waals surface area contributed by atoms with E-state index in [1.807, 2.05) is 6.07 Å². The number of rotatable bonds is 6. The van der Waals surface area contributed by atoms with Gasteiger partial charge < -0.3 is 0 Å². The maximum atomic E-state index is 4.23. The maximum absolute atomic E-state index is 4.23. The third kappa shape index (κ3) is 4.08. The molecule has 0 bridgehead atoms. The summed E-state index contributed by atoms with van der Waals surface area (Å²) in [4.78, 5) is 2.50. The summed E-state index contributed by atoms with van der Waals surface area (Å²) in [5.74, 6) is 0. The normalized spacial score (nSPS) is 11.4. The smallest absolute Gasteiger partial charge is 0.0239 e. The Morgan fingerprint density at radius 2 is 1.32 bits per heavy atom. The van der Waals surface area contributed by atoms with Crippen molar-refractivity contribution in [3.05, 3.63) is 77.9 Å². The van der Waals surface area contributed by atoms with Gasteiger partial charge in [0.15, 0.2) is 0 Å². The molecule has 2 aromatic carbocycles. The molecule has 0 N–H and O–H groups in total.